The first-order valence-electron chi connectivity index (χ1n) is 9.24. The summed E-state index contributed by atoms with van der Waals surface area (Å²) in [5.74, 6) is -0.164. The molecule has 0 bridgehead atoms. The number of aliphatic hydroxyl groups excluding tert-OH is 1. The van der Waals surface area contributed by atoms with Crippen molar-refractivity contribution < 1.29 is 32.3 Å². The van der Waals surface area contributed by atoms with Gasteiger partial charge in [-0.2, -0.15) is 13.2 Å². The lowest BCUT2D eigenvalue weighted by Crippen LogP contribution is -3.16. The number of hydrogen-bond acceptors (Lipinski definition) is 3. The van der Waals surface area contributed by atoms with Gasteiger partial charge >= 0.3 is 6.18 Å². The minimum atomic E-state index is -4.36. The van der Waals surface area contributed by atoms with Crippen LogP contribution in [0.15, 0.2) is 42.5 Å². The molecule has 2 aromatic rings. The predicted molar refractivity (Wildman–Crippen MR) is 102 cm³/mol. The smallest absolute Gasteiger partial charge is 0.416 e. The maximum atomic E-state index is 13.0. The maximum Gasteiger partial charge on any atom is 0.416 e. The lowest BCUT2D eigenvalue weighted by molar-refractivity contribution is -0.903. The summed E-state index contributed by atoms with van der Waals surface area (Å²) in [4.78, 5) is 3.05. The summed E-state index contributed by atoms with van der Waals surface area (Å²) in [5.41, 5.74) is -0.106. The van der Waals surface area contributed by atoms with E-state index in [1.165, 1.54) is 24.3 Å². The first-order valence-corrected chi connectivity index (χ1v) is 9.62. The molecule has 0 spiro atoms. The van der Waals surface area contributed by atoms with E-state index in [0.29, 0.717) is 44.2 Å². The molecule has 0 radical (unpaired) electrons. The van der Waals surface area contributed by atoms with Gasteiger partial charge in [0, 0.05) is 5.69 Å². The van der Waals surface area contributed by atoms with Crippen LogP contribution in [0.25, 0.3) is 0 Å². The van der Waals surface area contributed by atoms with Crippen LogP contribution in [-0.4, -0.2) is 50.5 Å². The average Bonchev–Trinajstić information content (AvgIpc) is 2.67. The van der Waals surface area contributed by atoms with Crippen molar-refractivity contribution in [2.45, 2.75) is 12.3 Å². The Kier molecular flexibility index (Phi) is 6.87. The minimum Gasteiger partial charge on any atom is -0.489 e. The number of ether oxygens (including phenoxy) is 1. The Balaban J connectivity index is 1.47. The molecule has 4 nitrogen and oxygen atoms in total. The lowest BCUT2D eigenvalue weighted by Gasteiger charge is -2.34. The fourth-order valence-electron chi connectivity index (χ4n) is 3.33. The molecule has 1 aliphatic heterocycles. The SMILES string of the molecule is O[C@@H](COc1ccc(F)cc1Cl)C[NH+]1CCN(c2cccc(C(F)(F)F)c2)CC1. The molecule has 1 saturated heterocycles. The van der Waals surface area contributed by atoms with Gasteiger partial charge in [0.2, 0.25) is 0 Å². The molecule has 1 aliphatic rings. The number of alkyl halides is 3. The van der Waals surface area contributed by atoms with E-state index in [9.17, 15) is 22.7 Å². The van der Waals surface area contributed by atoms with Crippen molar-refractivity contribution in [2.24, 2.45) is 0 Å². The molecule has 2 N–H and O–H groups in total. The molecule has 0 amide bonds. The van der Waals surface area contributed by atoms with Crippen LogP contribution in [-0.2, 0) is 6.18 Å². The number of rotatable bonds is 6. The average molecular weight is 434 g/mol. The Hall–Kier alpha value is -2.03. The summed E-state index contributed by atoms with van der Waals surface area (Å²) < 4.78 is 57.2. The van der Waals surface area contributed by atoms with Crippen LogP contribution in [0.4, 0.5) is 23.2 Å². The number of halogens is 5. The molecule has 0 saturated carbocycles. The maximum absolute atomic E-state index is 13.0. The van der Waals surface area contributed by atoms with Gasteiger partial charge in [0.05, 0.1) is 36.8 Å². The summed E-state index contributed by atoms with van der Waals surface area (Å²) in [6, 6.07) is 9.10. The molecule has 158 valence electrons. The van der Waals surface area contributed by atoms with Crippen LogP contribution in [0.3, 0.4) is 0 Å². The Bertz CT molecular complexity index is 826. The van der Waals surface area contributed by atoms with E-state index in [2.05, 4.69) is 0 Å². The monoisotopic (exact) mass is 433 g/mol. The largest absolute Gasteiger partial charge is 0.489 e. The van der Waals surface area contributed by atoms with E-state index in [1.807, 2.05) is 4.90 Å². The number of anilines is 1. The van der Waals surface area contributed by atoms with Crippen molar-refractivity contribution in [3.63, 3.8) is 0 Å². The fourth-order valence-corrected chi connectivity index (χ4v) is 3.56. The molecule has 29 heavy (non-hydrogen) atoms. The van der Waals surface area contributed by atoms with Gasteiger partial charge in [-0.3, -0.25) is 0 Å². The van der Waals surface area contributed by atoms with Gasteiger partial charge in [0.1, 0.15) is 30.8 Å². The Morgan fingerprint density at radius 2 is 1.86 bits per heavy atom. The zero-order valence-corrected chi connectivity index (χ0v) is 16.3. The van der Waals surface area contributed by atoms with Crippen LogP contribution in [0.5, 0.6) is 5.75 Å². The van der Waals surface area contributed by atoms with Crippen molar-refractivity contribution >= 4 is 17.3 Å². The second kappa shape index (κ2) is 9.19. The molecular formula is C20H22ClF4N2O2+. The molecule has 0 aromatic heterocycles. The van der Waals surface area contributed by atoms with Gasteiger partial charge in [-0.15, -0.1) is 0 Å². The highest BCUT2D eigenvalue weighted by Gasteiger charge is 2.31. The van der Waals surface area contributed by atoms with Crippen molar-refractivity contribution in [2.75, 3.05) is 44.2 Å². The first-order chi connectivity index (χ1) is 13.7. The van der Waals surface area contributed by atoms with E-state index in [1.54, 1.807) is 6.07 Å². The van der Waals surface area contributed by atoms with Crippen molar-refractivity contribution in [3.05, 3.63) is 58.9 Å². The molecule has 3 rings (SSSR count). The van der Waals surface area contributed by atoms with Gasteiger partial charge in [0.25, 0.3) is 0 Å². The van der Waals surface area contributed by atoms with E-state index < -0.39 is 23.7 Å². The Morgan fingerprint density at radius 3 is 2.52 bits per heavy atom. The highest BCUT2D eigenvalue weighted by molar-refractivity contribution is 6.32. The topological polar surface area (TPSA) is 37.1 Å². The summed E-state index contributed by atoms with van der Waals surface area (Å²) in [5, 5.41) is 10.4. The van der Waals surface area contributed by atoms with Crippen molar-refractivity contribution in [1.82, 2.24) is 0 Å². The third-order valence-corrected chi connectivity index (χ3v) is 5.15. The second-order valence-corrected chi connectivity index (χ2v) is 7.44. The molecule has 2 aromatic carbocycles. The Morgan fingerprint density at radius 1 is 1.14 bits per heavy atom. The van der Waals surface area contributed by atoms with Gasteiger partial charge in [0.15, 0.2) is 0 Å². The number of hydrogen-bond donors (Lipinski definition) is 2. The first kappa shape index (κ1) is 21.7. The van der Waals surface area contributed by atoms with Gasteiger partial charge < -0.3 is 19.6 Å². The van der Waals surface area contributed by atoms with E-state index in [4.69, 9.17) is 16.3 Å². The summed E-state index contributed by atoms with van der Waals surface area (Å²) >= 11 is 5.89. The van der Waals surface area contributed by atoms with Crippen LogP contribution >= 0.6 is 11.6 Å². The van der Waals surface area contributed by atoms with Crippen LogP contribution < -0.4 is 14.5 Å². The van der Waals surface area contributed by atoms with E-state index in [0.717, 1.165) is 17.0 Å². The van der Waals surface area contributed by atoms with Crippen LogP contribution in [0.2, 0.25) is 5.02 Å². The van der Waals surface area contributed by atoms with Gasteiger partial charge in [-0.05, 0) is 36.4 Å². The molecule has 1 fully saturated rings. The third-order valence-electron chi connectivity index (χ3n) is 4.86. The highest BCUT2D eigenvalue weighted by Crippen LogP contribution is 2.31. The second-order valence-electron chi connectivity index (χ2n) is 7.03. The molecule has 1 atom stereocenters. The number of quaternary nitrogens is 1. The summed E-state index contributed by atoms with van der Waals surface area (Å²) in [7, 11) is 0. The lowest BCUT2D eigenvalue weighted by atomic mass is 10.1. The minimum absolute atomic E-state index is 0.0200. The molecule has 0 unspecified atom stereocenters. The fraction of sp³-hybridized carbons (Fsp3) is 0.400. The number of piperazine rings is 1. The molecular weight excluding hydrogens is 412 g/mol. The predicted octanol–water partition coefficient (Wildman–Crippen LogP) is 2.64. The van der Waals surface area contributed by atoms with Crippen molar-refractivity contribution in [1.29, 1.82) is 0 Å². The summed E-state index contributed by atoms with van der Waals surface area (Å²) in [6.07, 6.45) is -5.10. The molecule has 0 aliphatic carbocycles. The molecule has 1 heterocycles. The zero-order chi connectivity index (χ0) is 21.0. The number of aliphatic hydroxyl groups is 1. The van der Waals surface area contributed by atoms with Crippen LogP contribution in [0, 0.1) is 5.82 Å². The van der Waals surface area contributed by atoms with E-state index in [-0.39, 0.29) is 11.6 Å². The molecule has 9 heteroatoms. The number of benzene rings is 2. The normalized spacial score (nSPS) is 16.7. The standard InChI is InChI=1S/C20H21ClF4N2O2/c21-18-11-15(22)4-5-19(18)29-13-17(28)12-26-6-8-27(9-7-26)16-3-1-2-14(10-16)20(23,24)25/h1-5,10-11,17,28H,6-9,12-13H2/p+1/t17-/m1/s1. The zero-order valence-electron chi connectivity index (χ0n) is 15.6. The highest BCUT2D eigenvalue weighted by atomic mass is 35.5. The van der Waals surface area contributed by atoms with Crippen molar-refractivity contribution in [3.8, 4) is 5.75 Å². The summed E-state index contributed by atoms with van der Waals surface area (Å²) in [6.45, 7) is 3.01. The van der Waals surface area contributed by atoms with Gasteiger partial charge in [-0.1, -0.05) is 17.7 Å². The quantitative estimate of drug-likeness (QED) is 0.688. The number of nitrogens with zero attached hydrogens (tertiary/aromatic N) is 1. The number of nitrogens with one attached hydrogen (secondary N) is 1. The van der Waals surface area contributed by atoms with Crippen LogP contribution in [0.1, 0.15) is 5.56 Å². The van der Waals surface area contributed by atoms with Gasteiger partial charge in [-0.25, -0.2) is 4.39 Å². The third kappa shape index (κ3) is 5.98. The Labute approximate surface area is 171 Å². The van der Waals surface area contributed by atoms with E-state index >= 15 is 0 Å².